The maximum atomic E-state index is 12.4. The van der Waals surface area contributed by atoms with E-state index in [1.165, 1.54) is 5.56 Å². The van der Waals surface area contributed by atoms with Gasteiger partial charge in [-0.15, -0.1) is 0 Å². The lowest BCUT2D eigenvalue weighted by Crippen LogP contribution is -2.25. The van der Waals surface area contributed by atoms with Gasteiger partial charge in [0.05, 0.1) is 17.6 Å². The minimum Gasteiger partial charge on any atom is -0.494 e. The van der Waals surface area contributed by atoms with Crippen LogP contribution < -0.4 is 10.1 Å². The number of hydrogen-bond donors (Lipinski definition) is 1. The van der Waals surface area contributed by atoms with Gasteiger partial charge in [0.2, 0.25) is 0 Å². The number of benzene rings is 3. The number of rotatable bonds is 11. The molecule has 3 aromatic carbocycles. The summed E-state index contributed by atoms with van der Waals surface area (Å²) in [5.41, 5.74) is 4.23. The Balaban J connectivity index is 1.27. The Morgan fingerprint density at radius 1 is 0.946 bits per heavy atom. The molecule has 0 aliphatic rings. The minimum atomic E-state index is -0.0850. The Morgan fingerprint density at radius 2 is 1.68 bits per heavy atom. The van der Waals surface area contributed by atoms with E-state index >= 15 is 0 Å². The Morgan fingerprint density at radius 3 is 2.41 bits per heavy atom. The lowest BCUT2D eigenvalue weighted by molar-refractivity contribution is 0.0953. The van der Waals surface area contributed by atoms with E-state index in [2.05, 4.69) is 73.1 Å². The smallest absolute Gasteiger partial charge is 0.251 e. The van der Waals surface area contributed by atoms with Crippen molar-refractivity contribution in [1.82, 2.24) is 14.9 Å². The van der Waals surface area contributed by atoms with E-state index in [-0.39, 0.29) is 11.3 Å². The van der Waals surface area contributed by atoms with Gasteiger partial charge in [-0.3, -0.25) is 4.79 Å². The normalized spacial score (nSPS) is 11.6. The van der Waals surface area contributed by atoms with E-state index in [1.54, 1.807) is 24.3 Å². The summed E-state index contributed by atoms with van der Waals surface area (Å²) in [5, 5.41) is 3.62. The predicted octanol–water partition coefficient (Wildman–Crippen LogP) is 7.21. The van der Waals surface area contributed by atoms with Gasteiger partial charge in [0.15, 0.2) is 0 Å². The number of hydrogen-bond acceptors (Lipinski definition) is 3. The zero-order valence-corrected chi connectivity index (χ0v) is 22.7. The first kappa shape index (κ1) is 26.7. The molecule has 0 unspecified atom stereocenters. The number of para-hydroxylation sites is 2. The molecule has 1 N–H and O–H groups in total. The van der Waals surface area contributed by atoms with Crippen LogP contribution in [0.4, 0.5) is 0 Å². The number of unbranched alkanes of at least 4 members (excludes halogenated alkanes) is 1. The first-order valence-electron chi connectivity index (χ1n) is 13.0. The summed E-state index contributed by atoms with van der Waals surface area (Å²) >= 11 is 5.91. The van der Waals surface area contributed by atoms with Crippen LogP contribution in [-0.4, -0.2) is 28.6 Å². The van der Waals surface area contributed by atoms with Crippen molar-refractivity contribution in [3.05, 3.63) is 94.8 Å². The molecule has 1 aromatic heterocycles. The molecule has 4 aromatic rings. The van der Waals surface area contributed by atoms with Crippen LogP contribution in [-0.2, 0) is 18.4 Å². The van der Waals surface area contributed by atoms with Gasteiger partial charge in [0.25, 0.3) is 5.91 Å². The lowest BCUT2D eigenvalue weighted by atomic mass is 9.87. The van der Waals surface area contributed by atoms with Crippen LogP contribution >= 0.6 is 11.6 Å². The average molecular weight is 518 g/mol. The standard InChI is InChI=1S/C31H36ClN3O2/c1-31(2,3)24-14-18-26(19-15-24)37-22-7-6-21-35-28-10-5-4-9-27(28)34-29(35)11-8-20-33-30(36)23-12-16-25(32)17-13-23/h4-5,9-10,12-19H,6-8,11,20-22H2,1-3H3,(H,33,36). The van der Waals surface area contributed by atoms with Gasteiger partial charge in [-0.1, -0.05) is 56.6 Å². The summed E-state index contributed by atoms with van der Waals surface area (Å²) in [6.07, 6.45) is 3.58. The third kappa shape index (κ3) is 7.36. The zero-order chi connectivity index (χ0) is 26.3. The predicted molar refractivity (Wildman–Crippen MR) is 152 cm³/mol. The molecule has 0 saturated carbocycles. The molecule has 1 heterocycles. The molecular weight excluding hydrogens is 482 g/mol. The van der Waals surface area contributed by atoms with Crippen molar-refractivity contribution in [2.45, 2.75) is 58.4 Å². The van der Waals surface area contributed by atoms with Gasteiger partial charge < -0.3 is 14.6 Å². The first-order valence-corrected chi connectivity index (χ1v) is 13.4. The highest BCUT2D eigenvalue weighted by Crippen LogP contribution is 2.24. The summed E-state index contributed by atoms with van der Waals surface area (Å²) in [6.45, 7) is 8.82. The molecule has 1 amide bonds. The summed E-state index contributed by atoms with van der Waals surface area (Å²) < 4.78 is 8.30. The molecule has 0 radical (unpaired) electrons. The molecule has 0 aliphatic carbocycles. The van der Waals surface area contributed by atoms with Crippen molar-refractivity contribution in [3.8, 4) is 5.75 Å². The maximum Gasteiger partial charge on any atom is 0.251 e. The fourth-order valence-corrected chi connectivity index (χ4v) is 4.46. The van der Waals surface area contributed by atoms with Gasteiger partial charge in [0.1, 0.15) is 11.6 Å². The second-order valence-electron chi connectivity index (χ2n) is 10.4. The van der Waals surface area contributed by atoms with Crippen molar-refractivity contribution >= 4 is 28.5 Å². The van der Waals surface area contributed by atoms with Crippen LogP contribution in [0, 0.1) is 0 Å². The molecule has 37 heavy (non-hydrogen) atoms. The molecule has 0 fully saturated rings. The number of aryl methyl sites for hydroxylation is 2. The molecule has 6 heteroatoms. The van der Waals surface area contributed by atoms with E-state index in [0.717, 1.165) is 54.8 Å². The second kappa shape index (κ2) is 12.3. The van der Waals surface area contributed by atoms with Gasteiger partial charge in [0, 0.05) is 30.1 Å². The molecule has 0 saturated heterocycles. The quantitative estimate of drug-likeness (QED) is 0.214. The van der Waals surface area contributed by atoms with Crippen LogP contribution in [0.15, 0.2) is 72.8 Å². The molecule has 0 aliphatic heterocycles. The Labute approximate surface area is 224 Å². The van der Waals surface area contributed by atoms with E-state index in [4.69, 9.17) is 21.3 Å². The molecule has 0 spiro atoms. The van der Waals surface area contributed by atoms with Gasteiger partial charge in [-0.05, 0) is 78.8 Å². The van der Waals surface area contributed by atoms with Crippen LogP contribution in [0.5, 0.6) is 5.75 Å². The van der Waals surface area contributed by atoms with E-state index in [1.807, 2.05) is 6.07 Å². The largest absolute Gasteiger partial charge is 0.494 e. The Bertz CT molecular complexity index is 1310. The van der Waals surface area contributed by atoms with Crippen molar-refractivity contribution in [2.24, 2.45) is 0 Å². The summed E-state index contributed by atoms with van der Waals surface area (Å²) in [6, 6.07) is 23.6. The SMILES string of the molecule is CC(C)(C)c1ccc(OCCCCn2c(CCCNC(=O)c3ccc(Cl)cc3)nc3ccccc32)cc1. The molecule has 0 atom stereocenters. The average Bonchev–Trinajstić information content (AvgIpc) is 3.24. The topological polar surface area (TPSA) is 56.1 Å². The number of carbonyl (C=O) groups excluding carboxylic acids is 1. The fraction of sp³-hybridized carbons (Fsp3) is 0.355. The third-order valence-electron chi connectivity index (χ3n) is 6.47. The van der Waals surface area contributed by atoms with Gasteiger partial charge >= 0.3 is 0 Å². The number of carbonyl (C=O) groups is 1. The van der Waals surface area contributed by atoms with Crippen LogP contribution in [0.1, 0.15) is 61.8 Å². The monoisotopic (exact) mass is 517 g/mol. The number of aromatic nitrogens is 2. The summed E-state index contributed by atoms with van der Waals surface area (Å²) in [7, 11) is 0. The van der Waals surface area contributed by atoms with Crippen LogP contribution in [0.25, 0.3) is 11.0 Å². The number of amides is 1. The Kier molecular flexibility index (Phi) is 8.88. The molecule has 4 rings (SSSR count). The third-order valence-corrected chi connectivity index (χ3v) is 6.72. The van der Waals surface area contributed by atoms with E-state index in [9.17, 15) is 4.79 Å². The molecule has 5 nitrogen and oxygen atoms in total. The van der Waals surface area contributed by atoms with Crippen LogP contribution in [0.2, 0.25) is 5.02 Å². The maximum absolute atomic E-state index is 12.4. The number of ether oxygens (including phenoxy) is 1. The van der Waals surface area contributed by atoms with Crippen molar-refractivity contribution in [3.63, 3.8) is 0 Å². The number of nitrogens with zero attached hydrogens (tertiary/aromatic N) is 2. The molecular formula is C31H36ClN3O2. The highest BCUT2D eigenvalue weighted by atomic mass is 35.5. The lowest BCUT2D eigenvalue weighted by Gasteiger charge is -2.19. The first-order chi connectivity index (χ1) is 17.8. The fourth-order valence-electron chi connectivity index (χ4n) is 4.33. The van der Waals surface area contributed by atoms with Crippen molar-refractivity contribution in [1.29, 1.82) is 0 Å². The van der Waals surface area contributed by atoms with Crippen molar-refractivity contribution in [2.75, 3.05) is 13.2 Å². The summed E-state index contributed by atoms with van der Waals surface area (Å²) in [5.74, 6) is 1.89. The highest BCUT2D eigenvalue weighted by Gasteiger charge is 2.13. The number of nitrogens with one attached hydrogen (secondary N) is 1. The highest BCUT2D eigenvalue weighted by molar-refractivity contribution is 6.30. The number of halogens is 1. The molecule has 0 bridgehead atoms. The van der Waals surface area contributed by atoms with Crippen molar-refractivity contribution < 1.29 is 9.53 Å². The van der Waals surface area contributed by atoms with E-state index < -0.39 is 0 Å². The minimum absolute atomic E-state index is 0.0850. The summed E-state index contributed by atoms with van der Waals surface area (Å²) in [4.78, 5) is 17.2. The number of imidazole rings is 1. The van der Waals surface area contributed by atoms with Crippen LogP contribution in [0.3, 0.4) is 0 Å². The Hall–Kier alpha value is -3.31. The van der Waals surface area contributed by atoms with E-state index in [0.29, 0.717) is 23.7 Å². The second-order valence-corrected chi connectivity index (χ2v) is 10.8. The van der Waals surface area contributed by atoms with Gasteiger partial charge in [-0.25, -0.2) is 4.98 Å². The molecule has 194 valence electrons. The van der Waals surface area contributed by atoms with Gasteiger partial charge in [-0.2, -0.15) is 0 Å². The number of fused-ring (bicyclic) bond motifs is 1. The zero-order valence-electron chi connectivity index (χ0n) is 22.0.